The molecule has 4 rings (SSSR count). The predicted octanol–water partition coefficient (Wildman–Crippen LogP) is 4.08. The normalized spacial score (nSPS) is 9.91. The van der Waals surface area contributed by atoms with E-state index in [0.29, 0.717) is 5.52 Å². The number of pyridine rings is 3. The smallest absolute Gasteiger partial charge is 0.141 e. The molecule has 1 aromatic carbocycles. The van der Waals surface area contributed by atoms with Crippen molar-refractivity contribution in [3.8, 4) is 17.1 Å². The molecule has 0 saturated heterocycles. The Kier molecular flexibility index (Phi) is 4.55. The topological polar surface area (TPSA) is 58.9 Å². The Bertz CT molecular complexity index is 837. The summed E-state index contributed by atoms with van der Waals surface area (Å²) in [4.78, 5) is 12.4. The van der Waals surface area contributed by atoms with Gasteiger partial charge in [-0.25, -0.2) is 0 Å². The summed E-state index contributed by atoms with van der Waals surface area (Å²) in [6.45, 7) is 0. The molecule has 3 aromatic heterocycles. The molecule has 3 heterocycles. The highest BCUT2D eigenvalue weighted by molar-refractivity contribution is 5.83. The van der Waals surface area contributed by atoms with Crippen LogP contribution in [0.25, 0.3) is 22.3 Å². The minimum atomic E-state index is 0.239. The Labute approximate surface area is 134 Å². The van der Waals surface area contributed by atoms with Crippen molar-refractivity contribution in [1.82, 2.24) is 15.0 Å². The highest BCUT2D eigenvalue weighted by Crippen LogP contribution is 2.20. The van der Waals surface area contributed by atoms with Gasteiger partial charge in [-0.2, -0.15) is 0 Å². The minimum absolute atomic E-state index is 0.239. The Morgan fingerprint density at radius 1 is 0.565 bits per heavy atom. The number of hydrogen-bond donors (Lipinski definition) is 1. The monoisotopic (exact) mass is 301 g/mol. The van der Waals surface area contributed by atoms with E-state index in [1.54, 1.807) is 30.7 Å². The molecular weight excluding hydrogens is 286 g/mol. The fourth-order valence-corrected chi connectivity index (χ4v) is 2.12. The molecule has 4 nitrogen and oxygen atoms in total. The number of hydrogen-bond acceptors (Lipinski definition) is 4. The number of nitrogens with zero attached hydrogens (tertiary/aromatic N) is 3. The summed E-state index contributed by atoms with van der Waals surface area (Å²) in [5.74, 6) is 0.239. The molecule has 23 heavy (non-hydrogen) atoms. The first-order chi connectivity index (χ1) is 11.3. The standard InChI is InChI=1S/C10H8N2.C9H7NO/c1-3-7-11-9(5-1)10-6-2-4-8-12-10;11-8-5-1-3-7-4-2-6-10-9(7)8/h1-8H;1-6,11H. The average Bonchev–Trinajstić information content (AvgIpc) is 2.64. The summed E-state index contributed by atoms with van der Waals surface area (Å²) >= 11 is 0. The van der Waals surface area contributed by atoms with Crippen molar-refractivity contribution < 1.29 is 5.11 Å². The van der Waals surface area contributed by atoms with E-state index in [-0.39, 0.29) is 5.75 Å². The molecule has 0 unspecified atom stereocenters. The van der Waals surface area contributed by atoms with E-state index < -0.39 is 0 Å². The Morgan fingerprint density at radius 3 is 1.74 bits per heavy atom. The molecule has 0 aliphatic carbocycles. The zero-order valence-corrected chi connectivity index (χ0v) is 12.4. The molecule has 4 aromatic rings. The lowest BCUT2D eigenvalue weighted by atomic mass is 10.2. The number of benzene rings is 1. The van der Waals surface area contributed by atoms with Crippen LogP contribution in [0.15, 0.2) is 85.3 Å². The van der Waals surface area contributed by atoms with Gasteiger partial charge in [0.1, 0.15) is 11.3 Å². The fourth-order valence-electron chi connectivity index (χ4n) is 2.12. The van der Waals surface area contributed by atoms with Gasteiger partial charge in [0.2, 0.25) is 0 Å². The second kappa shape index (κ2) is 7.13. The molecule has 0 aliphatic heterocycles. The summed E-state index contributed by atoms with van der Waals surface area (Å²) < 4.78 is 0. The van der Waals surface area contributed by atoms with E-state index in [4.69, 9.17) is 0 Å². The van der Waals surface area contributed by atoms with E-state index in [9.17, 15) is 5.11 Å². The first-order valence-corrected chi connectivity index (χ1v) is 7.20. The number of rotatable bonds is 1. The zero-order valence-electron chi connectivity index (χ0n) is 12.4. The van der Waals surface area contributed by atoms with Crippen molar-refractivity contribution in [1.29, 1.82) is 0 Å². The van der Waals surface area contributed by atoms with Crippen LogP contribution in [0.3, 0.4) is 0 Å². The molecule has 4 heteroatoms. The van der Waals surface area contributed by atoms with Crippen molar-refractivity contribution in [2.75, 3.05) is 0 Å². The van der Waals surface area contributed by atoms with E-state index in [1.165, 1.54) is 0 Å². The number of aromatic nitrogens is 3. The van der Waals surface area contributed by atoms with Crippen LogP contribution in [0.5, 0.6) is 5.75 Å². The van der Waals surface area contributed by atoms with Gasteiger partial charge in [0.05, 0.1) is 11.4 Å². The van der Waals surface area contributed by atoms with Gasteiger partial charge in [0.15, 0.2) is 0 Å². The van der Waals surface area contributed by atoms with Gasteiger partial charge >= 0.3 is 0 Å². The predicted molar refractivity (Wildman–Crippen MR) is 90.9 cm³/mol. The van der Waals surface area contributed by atoms with Crippen molar-refractivity contribution >= 4 is 10.9 Å². The lowest BCUT2D eigenvalue weighted by Gasteiger charge is -1.96. The van der Waals surface area contributed by atoms with E-state index in [1.807, 2.05) is 54.6 Å². The maximum absolute atomic E-state index is 9.31. The van der Waals surface area contributed by atoms with Crippen LogP contribution in [-0.2, 0) is 0 Å². The van der Waals surface area contributed by atoms with Gasteiger partial charge in [-0.15, -0.1) is 0 Å². The molecule has 0 fully saturated rings. The summed E-state index contributed by atoms with van der Waals surface area (Å²) in [5, 5.41) is 10.3. The summed E-state index contributed by atoms with van der Waals surface area (Å²) in [7, 11) is 0. The van der Waals surface area contributed by atoms with Gasteiger partial charge in [-0.1, -0.05) is 30.3 Å². The van der Waals surface area contributed by atoms with Gasteiger partial charge in [0, 0.05) is 24.0 Å². The Balaban J connectivity index is 0.000000136. The zero-order chi connectivity index (χ0) is 15.9. The molecule has 0 spiro atoms. The van der Waals surface area contributed by atoms with Gasteiger partial charge < -0.3 is 5.11 Å². The second-order valence-corrected chi connectivity index (χ2v) is 4.78. The fraction of sp³-hybridized carbons (Fsp3) is 0. The van der Waals surface area contributed by atoms with E-state index in [0.717, 1.165) is 16.8 Å². The summed E-state index contributed by atoms with van der Waals surface area (Å²) in [5.41, 5.74) is 2.49. The third kappa shape index (κ3) is 3.68. The van der Waals surface area contributed by atoms with Crippen LogP contribution in [0, 0.1) is 0 Å². The van der Waals surface area contributed by atoms with Gasteiger partial charge in [-0.3, -0.25) is 15.0 Å². The molecule has 0 atom stereocenters. The van der Waals surface area contributed by atoms with Crippen molar-refractivity contribution in [2.24, 2.45) is 0 Å². The average molecular weight is 301 g/mol. The van der Waals surface area contributed by atoms with Crippen molar-refractivity contribution in [3.05, 3.63) is 85.3 Å². The van der Waals surface area contributed by atoms with Crippen LogP contribution in [0.2, 0.25) is 0 Å². The summed E-state index contributed by atoms with van der Waals surface area (Å²) in [6.07, 6.45) is 5.20. The van der Waals surface area contributed by atoms with Crippen LogP contribution >= 0.6 is 0 Å². The number of fused-ring (bicyclic) bond motifs is 1. The van der Waals surface area contributed by atoms with Gasteiger partial charge in [-0.05, 0) is 36.4 Å². The lowest BCUT2D eigenvalue weighted by molar-refractivity contribution is 0.480. The molecule has 0 amide bonds. The number of para-hydroxylation sites is 1. The lowest BCUT2D eigenvalue weighted by Crippen LogP contribution is -1.83. The summed E-state index contributed by atoms with van der Waals surface area (Å²) in [6, 6.07) is 20.7. The molecule has 0 radical (unpaired) electrons. The largest absolute Gasteiger partial charge is 0.506 e. The first kappa shape index (κ1) is 14.7. The molecular formula is C19H15N3O. The molecule has 1 N–H and O–H groups in total. The van der Waals surface area contributed by atoms with E-state index >= 15 is 0 Å². The second-order valence-electron chi connectivity index (χ2n) is 4.78. The number of phenols is 1. The maximum Gasteiger partial charge on any atom is 0.141 e. The maximum atomic E-state index is 9.31. The van der Waals surface area contributed by atoms with Crippen LogP contribution < -0.4 is 0 Å². The molecule has 0 saturated carbocycles. The van der Waals surface area contributed by atoms with Crippen LogP contribution in [-0.4, -0.2) is 20.1 Å². The molecule has 0 aliphatic rings. The molecule has 0 bridgehead atoms. The quantitative estimate of drug-likeness (QED) is 0.575. The SMILES string of the molecule is Oc1cccc2cccnc12.c1ccc(-c2ccccn2)nc1. The van der Waals surface area contributed by atoms with Crippen LogP contribution in [0.1, 0.15) is 0 Å². The van der Waals surface area contributed by atoms with Crippen molar-refractivity contribution in [3.63, 3.8) is 0 Å². The molecule has 112 valence electrons. The Morgan fingerprint density at radius 2 is 1.17 bits per heavy atom. The third-order valence-corrected chi connectivity index (χ3v) is 3.20. The Hall–Kier alpha value is -3.27. The minimum Gasteiger partial charge on any atom is -0.506 e. The van der Waals surface area contributed by atoms with Crippen LogP contribution in [0.4, 0.5) is 0 Å². The number of phenolic OH excluding ortho intramolecular Hbond substituents is 1. The highest BCUT2D eigenvalue weighted by Gasteiger charge is 1.96. The third-order valence-electron chi connectivity index (χ3n) is 3.20. The van der Waals surface area contributed by atoms with E-state index in [2.05, 4.69) is 15.0 Å². The highest BCUT2D eigenvalue weighted by atomic mass is 16.3. The number of aromatic hydroxyl groups is 1. The van der Waals surface area contributed by atoms with Crippen molar-refractivity contribution in [2.45, 2.75) is 0 Å². The first-order valence-electron chi connectivity index (χ1n) is 7.20. The van der Waals surface area contributed by atoms with Gasteiger partial charge in [0.25, 0.3) is 0 Å².